The molecule has 1 aliphatic rings. The van der Waals surface area contributed by atoms with Gasteiger partial charge in [0.05, 0.1) is 6.33 Å². The maximum atomic E-state index is 11.9. The van der Waals surface area contributed by atoms with Gasteiger partial charge in [0, 0.05) is 31.9 Å². The third kappa shape index (κ3) is 3.08. The minimum atomic E-state index is -0.105. The van der Waals surface area contributed by atoms with Crippen LogP contribution in [0.3, 0.4) is 0 Å². The van der Waals surface area contributed by atoms with Crippen molar-refractivity contribution >= 4 is 5.91 Å². The fourth-order valence-electron chi connectivity index (χ4n) is 2.29. The Bertz CT molecular complexity index is 403. The van der Waals surface area contributed by atoms with Crippen LogP contribution >= 0.6 is 0 Å². The third-order valence-electron chi connectivity index (χ3n) is 3.42. The summed E-state index contributed by atoms with van der Waals surface area (Å²) in [6, 6.07) is 0.458. The molecule has 0 aromatic carbocycles. The van der Waals surface area contributed by atoms with Gasteiger partial charge in [0.15, 0.2) is 0 Å². The highest BCUT2D eigenvalue weighted by molar-refractivity contribution is 5.92. The molecule has 18 heavy (non-hydrogen) atoms. The molecule has 100 valence electrons. The van der Waals surface area contributed by atoms with Gasteiger partial charge in [0.1, 0.15) is 5.69 Å². The van der Waals surface area contributed by atoms with E-state index in [0.717, 1.165) is 13.0 Å². The third-order valence-corrected chi connectivity index (χ3v) is 3.42. The van der Waals surface area contributed by atoms with Crippen LogP contribution in [0.1, 0.15) is 23.3 Å². The predicted molar refractivity (Wildman–Crippen MR) is 69.3 cm³/mol. The van der Waals surface area contributed by atoms with E-state index in [1.54, 1.807) is 12.5 Å². The molecular weight excluding hydrogens is 230 g/mol. The lowest BCUT2D eigenvalue weighted by molar-refractivity contribution is 0.0939. The van der Waals surface area contributed by atoms with E-state index in [9.17, 15) is 4.79 Å². The highest BCUT2D eigenvalue weighted by Gasteiger charge is 2.21. The van der Waals surface area contributed by atoms with E-state index in [0.29, 0.717) is 31.4 Å². The first kappa shape index (κ1) is 13.0. The van der Waals surface area contributed by atoms with Gasteiger partial charge in [-0.1, -0.05) is 0 Å². The lowest BCUT2D eigenvalue weighted by Gasteiger charge is -2.19. The first-order chi connectivity index (χ1) is 8.70. The molecule has 6 heteroatoms. The Morgan fingerprint density at radius 3 is 3.17 bits per heavy atom. The SMILES string of the molecule is CN1CCCC1CNC(=O)c1cn(CCN)cn1. The van der Waals surface area contributed by atoms with Crippen molar-refractivity contribution in [3.63, 3.8) is 0 Å². The number of amides is 1. The topological polar surface area (TPSA) is 76.2 Å². The smallest absolute Gasteiger partial charge is 0.271 e. The molecule has 1 fully saturated rings. The minimum absolute atomic E-state index is 0.105. The van der Waals surface area contributed by atoms with Crippen molar-refractivity contribution in [2.75, 3.05) is 26.7 Å². The van der Waals surface area contributed by atoms with Crippen LogP contribution in [0, 0.1) is 0 Å². The average Bonchev–Trinajstić information content (AvgIpc) is 2.96. The molecule has 1 unspecified atom stereocenters. The average molecular weight is 251 g/mol. The molecule has 1 saturated heterocycles. The number of hydrogen-bond acceptors (Lipinski definition) is 4. The van der Waals surface area contributed by atoms with Crippen LogP contribution < -0.4 is 11.1 Å². The maximum absolute atomic E-state index is 11.9. The monoisotopic (exact) mass is 251 g/mol. The van der Waals surface area contributed by atoms with Gasteiger partial charge in [0.2, 0.25) is 0 Å². The van der Waals surface area contributed by atoms with Gasteiger partial charge in [0.25, 0.3) is 5.91 Å². The minimum Gasteiger partial charge on any atom is -0.349 e. The molecular formula is C12H21N5O. The number of nitrogens with two attached hydrogens (primary N) is 1. The molecule has 0 bridgehead atoms. The lowest BCUT2D eigenvalue weighted by atomic mass is 10.2. The zero-order chi connectivity index (χ0) is 13.0. The summed E-state index contributed by atoms with van der Waals surface area (Å²) in [6.45, 7) is 3.04. The molecule has 1 aliphatic heterocycles. The van der Waals surface area contributed by atoms with Gasteiger partial charge in [-0.15, -0.1) is 0 Å². The second-order valence-electron chi connectivity index (χ2n) is 4.77. The maximum Gasteiger partial charge on any atom is 0.271 e. The summed E-state index contributed by atoms with van der Waals surface area (Å²) in [5.74, 6) is -0.105. The number of likely N-dealkylation sites (tertiary alicyclic amines) is 1. The number of likely N-dealkylation sites (N-methyl/N-ethyl adjacent to an activating group) is 1. The van der Waals surface area contributed by atoms with Crippen molar-refractivity contribution in [3.8, 4) is 0 Å². The van der Waals surface area contributed by atoms with E-state index in [-0.39, 0.29) is 5.91 Å². The van der Waals surface area contributed by atoms with Gasteiger partial charge in [-0.3, -0.25) is 4.79 Å². The Kier molecular flexibility index (Phi) is 4.33. The van der Waals surface area contributed by atoms with E-state index < -0.39 is 0 Å². The molecule has 0 radical (unpaired) electrons. The Labute approximate surface area is 107 Å². The highest BCUT2D eigenvalue weighted by Crippen LogP contribution is 2.13. The quantitative estimate of drug-likeness (QED) is 0.751. The van der Waals surface area contributed by atoms with E-state index in [1.165, 1.54) is 6.42 Å². The van der Waals surface area contributed by atoms with Crippen molar-refractivity contribution in [1.82, 2.24) is 19.8 Å². The Morgan fingerprint density at radius 1 is 1.67 bits per heavy atom. The Balaban J connectivity index is 1.83. The molecule has 0 spiro atoms. The van der Waals surface area contributed by atoms with Gasteiger partial charge < -0.3 is 20.5 Å². The van der Waals surface area contributed by atoms with Crippen molar-refractivity contribution in [3.05, 3.63) is 18.2 Å². The van der Waals surface area contributed by atoms with Gasteiger partial charge in [-0.25, -0.2) is 4.98 Å². The zero-order valence-corrected chi connectivity index (χ0v) is 10.8. The zero-order valence-electron chi connectivity index (χ0n) is 10.8. The van der Waals surface area contributed by atoms with Crippen LogP contribution in [0.4, 0.5) is 0 Å². The molecule has 0 saturated carbocycles. The molecule has 1 amide bonds. The summed E-state index contributed by atoms with van der Waals surface area (Å²) in [4.78, 5) is 18.3. The summed E-state index contributed by atoms with van der Waals surface area (Å²) in [5, 5.41) is 2.94. The summed E-state index contributed by atoms with van der Waals surface area (Å²) in [6.07, 6.45) is 5.74. The Morgan fingerprint density at radius 2 is 2.50 bits per heavy atom. The number of carbonyl (C=O) groups excluding carboxylic acids is 1. The number of aromatic nitrogens is 2. The van der Waals surface area contributed by atoms with E-state index in [1.807, 2.05) is 4.57 Å². The van der Waals surface area contributed by atoms with E-state index >= 15 is 0 Å². The highest BCUT2D eigenvalue weighted by atomic mass is 16.1. The second-order valence-corrected chi connectivity index (χ2v) is 4.77. The van der Waals surface area contributed by atoms with E-state index in [2.05, 4.69) is 22.2 Å². The molecule has 2 heterocycles. The van der Waals surface area contributed by atoms with Crippen LogP contribution in [0.5, 0.6) is 0 Å². The van der Waals surface area contributed by atoms with Crippen molar-refractivity contribution in [1.29, 1.82) is 0 Å². The van der Waals surface area contributed by atoms with Crippen LogP contribution in [0.25, 0.3) is 0 Å². The predicted octanol–water partition coefficient (Wildman–Crippen LogP) is -0.334. The fraction of sp³-hybridized carbons (Fsp3) is 0.667. The van der Waals surface area contributed by atoms with Gasteiger partial charge in [-0.2, -0.15) is 0 Å². The number of nitrogens with zero attached hydrogens (tertiary/aromatic N) is 3. The summed E-state index contributed by atoms with van der Waals surface area (Å²) >= 11 is 0. The number of rotatable bonds is 5. The number of carbonyl (C=O) groups is 1. The summed E-state index contributed by atoms with van der Waals surface area (Å²) < 4.78 is 1.83. The number of nitrogens with one attached hydrogen (secondary N) is 1. The number of imidazole rings is 1. The van der Waals surface area contributed by atoms with Gasteiger partial charge >= 0.3 is 0 Å². The van der Waals surface area contributed by atoms with E-state index in [4.69, 9.17) is 5.73 Å². The van der Waals surface area contributed by atoms with Crippen molar-refractivity contribution < 1.29 is 4.79 Å². The second kappa shape index (κ2) is 5.97. The fourth-order valence-corrected chi connectivity index (χ4v) is 2.29. The van der Waals surface area contributed by atoms with Crippen LogP contribution in [0.2, 0.25) is 0 Å². The van der Waals surface area contributed by atoms with Crippen molar-refractivity contribution in [2.45, 2.75) is 25.4 Å². The summed E-state index contributed by atoms with van der Waals surface area (Å²) in [7, 11) is 2.10. The molecule has 1 aromatic heterocycles. The first-order valence-electron chi connectivity index (χ1n) is 6.41. The molecule has 0 aliphatic carbocycles. The largest absolute Gasteiger partial charge is 0.349 e. The van der Waals surface area contributed by atoms with Crippen molar-refractivity contribution in [2.24, 2.45) is 5.73 Å². The molecule has 6 nitrogen and oxygen atoms in total. The Hall–Kier alpha value is -1.40. The number of hydrogen-bond donors (Lipinski definition) is 2. The van der Waals surface area contributed by atoms with Crippen LogP contribution in [-0.4, -0.2) is 53.1 Å². The molecule has 1 atom stereocenters. The molecule has 2 rings (SSSR count). The molecule has 3 N–H and O–H groups in total. The van der Waals surface area contributed by atoms with Crippen LogP contribution in [0.15, 0.2) is 12.5 Å². The van der Waals surface area contributed by atoms with Crippen LogP contribution in [-0.2, 0) is 6.54 Å². The first-order valence-corrected chi connectivity index (χ1v) is 6.41. The summed E-state index contributed by atoms with van der Waals surface area (Å²) in [5.41, 5.74) is 5.91. The normalized spacial score (nSPS) is 20.2. The molecule has 1 aromatic rings. The lowest BCUT2D eigenvalue weighted by Crippen LogP contribution is -2.38. The standard InChI is InChI=1S/C12H21N5O/c1-16-5-2-3-10(16)7-14-12(18)11-8-17(6-4-13)9-15-11/h8-10H,2-7,13H2,1H3,(H,14,18). The van der Waals surface area contributed by atoms with Gasteiger partial charge in [-0.05, 0) is 26.4 Å².